The molecule has 4 heterocycles. The number of aryl methyl sites for hydroxylation is 1. The molecule has 1 aliphatic heterocycles. The smallest absolute Gasteiger partial charge is 0.164 e. The van der Waals surface area contributed by atoms with Crippen molar-refractivity contribution in [1.29, 1.82) is 0 Å². The van der Waals surface area contributed by atoms with Crippen molar-refractivity contribution in [1.82, 2.24) is 39.7 Å². The van der Waals surface area contributed by atoms with Gasteiger partial charge in [0.25, 0.3) is 0 Å². The molecule has 2 aliphatic rings. The highest BCUT2D eigenvalue weighted by molar-refractivity contribution is 6.00. The topological polar surface area (TPSA) is 131 Å². The first-order valence-electron chi connectivity index (χ1n) is 13.3. The number of hydrogen-bond donors (Lipinski definition) is 3. The molecule has 5 N–H and O–H groups in total. The average Bonchev–Trinajstić information content (AvgIpc) is 3.49. The largest absolute Gasteiger partial charge is 0.398 e. The number of aromatic nitrogens is 6. The van der Waals surface area contributed by atoms with E-state index >= 15 is 0 Å². The van der Waals surface area contributed by atoms with E-state index in [0.29, 0.717) is 23.6 Å². The minimum Gasteiger partial charge on any atom is -0.398 e. The summed E-state index contributed by atoms with van der Waals surface area (Å²) < 4.78 is 2.09. The molecule has 6 rings (SSSR count). The Morgan fingerprint density at radius 2 is 1.76 bits per heavy atom. The summed E-state index contributed by atoms with van der Waals surface area (Å²) in [5.74, 6) is 0.440. The number of rotatable bonds is 5. The third-order valence-corrected chi connectivity index (χ3v) is 8.28. The zero-order chi connectivity index (χ0) is 25.5. The molecule has 37 heavy (non-hydrogen) atoms. The lowest BCUT2D eigenvalue weighted by Gasteiger charge is -2.41. The van der Waals surface area contributed by atoms with Crippen LogP contribution in [0.15, 0.2) is 30.7 Å². The van der Waals surface area contributed by atoms with E-state index in [2.05, 4.69) is 47.8 Å². The number of anilines is 2. The predicted molar refractivity (Wildman–Crippen MR) is 146 cm³/mol. The number of nitrogens with one attached hydrogen (secondary N) is 1. The highest BCUT2D eigenvalue weighted by atomic mass is 15.3. The molecule has 0 amide bonds. The Bertz CT molecular complexity index is 1390. The van der Waals surface area contributed by atoms with Gasteiger partial charge in [0.2, 0.25) is 0 Å². The summed E-state index contributed by atoms with van der Waals surface area (Å²) in [4.78, 5) is 14.0. The molecular weight excluding hydrogens is 464 g/mol. The Hall–Kier alpha value is -3.50. The summed E-state index contributed by atoms with van der Waals surface area (Å²) in [5, 5.41) is 13.0. The van der Waals surface area contributed by atoms with Crippen molar-refractivity contribution >= 4 is 22.5 Å². The van der Waals surface area contributed by atoms with Crippen LogP contribution in [0.3, 0.4) is 0 Å². The van der Waals surface area contributed by atoms with Crippen molar-refractivity contribution in [2.75, 3.05) is 44.7 Å². The number of aromatic amines is 1. The quantitative estimate of drug-likeness (QED) is 0.357. The van der Waals surface area contributed by atoms with Gasteiger partial charge in [-0.25, -0.2) is 14.6 Å². The summed E-state index contributed by atoms with van der Waals surface area (Å²) in [6.07, 6.45) is 8.68. The van der Waals surface area contributed by atoms with Crippen LogP contribution in [0.25, 0.3) is 22.3 Å². The maximum absolute atomic E-state index is 6.60. The molecule has 3 aromatic heterocycles. The van der Waals surface area contributed by atoms with Gasteiger partial charge in [0.05, 0.1) is 17.6 Å². The zero-order valence-electron chi connectivity index (χ0n) is 21.7. The minimum atomic E-state index is 0.291. The lowest BCUT2D eigenvalue weighted by atomic mass is 9.90. The number of nitrogen functional groups attached to an aromatic ring is 2. The van der Waals surface area contributed by atoms with Crippen LogP contribution in [-0.4, -0.2) is 79.0 Å². The average molecular weight is 501 g/mol. The second kappa shape index (κ2) is 9.75. The number of nitrogens with zero attached hydrogens (tertiary/aromatic N) is 7. The molecule has 2 fully saturated rings. The van der Waals surface area contributed by atoms with E-state index in [-0.39, 0.29) is 0 Å². The van der Waals surface area contributed by atoms with Gasteiger partial charge in [0, 0.05) is 55.6 Å². The maximum Gasteiger partial charge on any atom is 0.164 e. The molecule has 10 nitrogen and oxygen atoms in total. The van der Waals surface area contributed by atoms with E-state index in [1.165, 1.54) is 32.3 Å². The van der Waals surface area contributed by atoms with Gasteiger partial charge in [-0.05, 0) is 56.8 Å². The molecule has 0 unspecified atom stereocenters. The summed E-state index contributed by atoms with van der Waals surface area (Å²) in [6.45, 7) is 6.68. The van der Waals surface area contributed by atoms with Gasteiger partial charge in [-0.15, -0.1) is 0 Å². The van der Waals surface area contributed by atoms with Gasteiger partial charge in [-0.3, -0.25) is 10.00 Å². The van der Waals surface area contributed by atoms with Crippen LogP contribution < -0.4 is 11.5 Å². The second-order valence-electron chi connectivity index (χ2n) is 10.7. The van der Waals surface area contributed by atoms with Gasteiger partial charge in [-0.1, -0.05) is 12.1 Å². The molecule has 10 heteroatoms. The van der Waals surface area contributed by atoms with Crippen molar-refractivity contribution in [3.8, 4) is 11.3 Å². The van der Waals surface area contributed by atoms with E-state index in [9.17, 15) is 0 Å². The fraction of sp³-hybridized carbons (Fsp3) is 0.481. The second-order valence-corrected chi connectivity index (χ2v) is 10.7. The summed E-state index contributed by atoms with van der Waals surface area (Å²) in [7, 11) is 2.21. The molecule has 1 aromatic carbocycles. The Kier molecular flexibility index (Phi) is 6.29. The highest BCUT2D eigenvalue weighted by Crippen LogP contribution is 2.38. The Labute approximate surface area is 217 Å². The number of fused-ring (bicyclic) bond motifs is 1. The minimum absolute atomic E-state index is 0.291. The normalized spacial score (nSPS) is 21.6. The molecule has 1 saturated heterocycles. The number of hydrogen-bond acceptors (Lipinski definition) is 8. The van der Waals surface area contributed by atoms with Crippen LogP contribution in [0, 0.1) is 6.92 Å². The number of likely N-dealkylation sites (N-methyl/N-ethyl adjacent to an activating group) is 1. The van der Waals surface area contributed by atoms with Crippen molar-refractivity contribution in [2.24, 2.45) is 0 Å². The standard InChI is InChI=1S/C27H36N10/c1-17-19(15-32-33-17)13-18-3-8-22(23(28)14-18)25-24-26(29)30-16-31-27(24)37(34-25)21-6-4-20(5-7-21)36-11-9-35(2)10-12-36/h3,8,14-16,20-21H,4-7,9-13,28H2,1-2H3,(H,32,33)(H2,29,30,31). The number of benzene rings is 1. The lowest BCUT2D eigenvalue weighted by molar-refractivity contribution is 0.0815. The molecule has 1 saturated carbocycles. The predicted octanol–water partition coefficient (Wildman–Crippen LogP) is 3.01. The third-order valence-electron chi connectivity index (χ3n) is 8.28. The molecule has 0 bridgehead atoms. The molecular formula is C27H36N10. The zero-order valence-corrected chi connectivity index (χ0v) is 21.7. The third kappa shape index (κ3) is 4.55. The van der Waals surface area contributed by atoms with E-state index in [4.69, 9.17) is 16.6 Å². The molecule has 0 atom stereocenters. The first-order chi connectivity index (χ1) is 18.0. The first kappa shape index (κ1) is 23.9. The van der Waals surface area contributed by atoms with Crippen LogP contribution in [0.2, 0.25) is 0 Å². The van der Waals surface area contributed by atoms with Crippen molar-refractivity contribution < 1.29 is 0 Å². The van der Waals surface area contributed by atoms with Gasteiger partial charge in [0.1, 0.15) is 17.8 Å². The summed E-state index contributed by atoms with van der Waals surface area (Å²) >= 11 is 0. The van der Waals surface area contributed by atoms with Gasteiger partial charge in [0.15, 0.2) is 5.65 Å². The van der Waals surface area contributed by atoms with Crippen molar-refractivity contribution in [3.63, 3.8) is 0 Å². The molecule has 1 aliphatic carbocycles. The fourth-order valence-electron chi connectivity index (χ4n) is 6.01. The van der Waals surface area contributed by atoms with Crippen LogP contribution in [0.4, 0.5) is 11.5 Å². The van der Waals surface area contributed by atoms with Gasteiger partial charge in [-0.2, -0.15) is 10.2 Å². The van der Waals surface area contributed by atoms with Crippen molar-refractivity contribution in [3.05, 3.63) is 47.5 Å². The number of piperazine rings is 1. The Morgan fingerprint density at radius 1 is 1.00 bits per heavy atom. The molecule has 0 radical (unpaired) electrons. The Morgan fingerprint density at radius 3 is 2.46 bits per heavy atom. The van der Waals surface area contributed by atoms with Gasteiger partial charge >= 0.3 is 0 Å². The van der Waals surface area contributed by atoms with Crippen LogP contribution in [0.1, 0.15) is 48.5 Å². The Balaban J connectivity index is 1.27. The first-order valence-corrected chi connectivity index (χ1v) is 13.3. The van der Waals surface area contributed by atoms with Crippen molar-refractivity contribution in [2.45, 2.75) is 51.1 Å². The van der Waals surface area contributed by atoms with Crippen LogP contribution in [-0.2, 0) is 6.42 Å². The monoisotopic (exact) mass is 500 g/mol. The maximum atomic E-state index is 6.60. The van der Waals surface area contributed by atoms with E-state index in [1.54, 1.807) is 0 Å². The van der Waals surface area contributed by atoms with E-state index in [0.717, 1.165) is 71.5 Å². The van der Waals surface area contributed by atoms with E-state index in [1.807, 2.05) is 25.3 Å². The lowest BCUT2D eigenvalue weighted by Crippen LogP contribution is -2.49. The van der Waals surface area contributed by atoms with Crippen LogP contribution >= 0.6 is 0 Å². The highest BCUT2D eigenvalue weighted by Gasteiger charge is 2.31. The molecule has 4 aromatic rings. The SMILES string of the molecule is Cc1[nH]ncc1Cc1ccc(-c2nn(C3CCC(N4CCN(C)CC4)CC3)c3ncnc(N)c23)c(N)c1. The molecule has 0 spiro atoms. The van der Waals surface area contributed by atoms with Gasteiger partial charge < -0.3 is 16.4 Å². The molecule has 194 valence electrons. The number of H-pyrrole nitrogens is 1. The summed E-state index contributed by atoms with van der Waals surface area (Å²) in [6, 6.07) is 7.12. The van der Waals surface area contributed by atoms with E-state index < -0.39 is 0 Å². The fourth-order valence-corrected chi connectivity index (χ4v) is 6.01. The number of nitrogens with two attached hydrogens (primary N) is 2. The summed E-state index contributed by atoms with van der Waals surface area (Å²) in [5.41, 5.74) is 19.4. The van der Waals surface area contributed by atoms with Crippen LogP contribution in [0.5, 0.6) is 0 Å².